The van der Waals surface area contributed by atoms with Gasteiger partial charge in [0.1, 0.15) is 18.0 Å². The Bertz CT molecular complexity index is 832. The number of nitrogens with zero attached hydrogens (tertiary/aromatic N) is 5. The Kier molecular flexibility index (Phi) is 4.20. The molecule has 2 aromatic heterocycles. The van der Waals surface area contributed by atoms with Gasteiger partial charge < -0.3 is 9.64 Å². The first-order valence-electron chi connectivity index (χ1n) is 7.23. The molecule has 7 heteroatoms. The molecule has 0 atom stereocenters. The topological polar surface area (TPSA) is 55.6 Å². The highest BCUT2D eigenvalue weighted by Crippen LogP contribution is 2.19. The maximum absolute atomic E-state index is 13.7. The monoisotopic (exact) mass is 315 g/mol. The van der Waals surface area contributed by atoms with Gasteiger partial charge in [-0.2, -0.15) is 14.6 Å². The third-order valence-electron chi connectivity index (χ3n) is 3.63. The lowest BCUT2D eigenvalue weighted by Gasteiger charge is -2.20. The first-order chi connectivity index (χ1) is 11.1. The van der Waals surface area contributed by atoms with Crippen LogP contribution >= 0.6 is 0 Å². The SMILES string of the molecule is COCc1cc(N(C)Cc2ccc(C)c(F)c2)n2ncnc2n1. The van der Waals surface area contributed by atoms with E-state index in [2.05, 4.69) is 15.1 Å². The molecule has 0 saturated carbocycles. The lowest BCUT2D eigenvalue weighted by atomic mass is 10.1. The van der Waals surface area contributed by atoms with E-state index < -0.39 is 0 Å². The minimum Gasteiger partial charge on any atom is -0.378 e. The first kappa shape index (κ1) is 15.4. The highest BCUT2D eigenvalue weighted by molar-refractivity contribution is 5.47. The van der Waals surface area contributed by atoms with E-state index in [9.17, 15) is 4.39 Å². The summed E-state index contributed by atoms with van der Waals surface area (Å²) in [5.41, 5.74) is 2.29. The number of methoxy groups -OCH3 is 1. The second-order valence-corrected chi connectivity index (χ2v) is 5.45. The Morgan fingerprint density at radius 2 is 2.13 bits per heavy atom. The molecule has 120 valence electrons. The zero-order chi connectivity index (χ0) is 16.4. The van der Waals surface area contributed by atoms with Gasteiger partial charge in [-0.15, -0.1) is 0 Å². The summed E-state index contributed by atoms with van der Waals surface area (Å²) in [5.74, 6) is 1.13. The van der Waals surface area contributed by atoms with Crippen LogP contribution in [0.15, 0.2) is 30.6 Å². The molecule has 0 aliphatic carbocycles. The summed E-state index contributed by atoms with van der Waals surface area (Å²) in [6.07, 6.45) is 1.46. The van der Waals surface area contributed by atoms with Crippen LogP contribution in [0.1, 0.15) is 16.8 Å². The maximum atomic E-state index is 13.7. The number of benzene rings is 1. The minimum absolute atomic E-state index is 0.198. The van der Waals surface area contributed by atoms with Crippen LogP contribution in [0, 0.1) is 12.7 Å². The van der Waals surface area contributed by atoms with Crippen molar-refractivity contribution in [3.63, 3.8) is 0 Å². The molecule has 0 saturated heterocycles. The van der Waals surface area contributed by atoms with Crippen molar-refractivity contribution in [1.82, 2.24) is 19.6 Å². The van der Waals surface area contributed by atoms with Crippen LogP contribution in [0.2, 0.25) is 0 Å². The van der Waals surface area contributed by atoms with E-state index >= 15 is 0 Å². The molecule has 3 rings (SSSR count). The smallest absolute Gasteiger partial charge is 0.254 e. The summed E-state index contributed by atoms with van der Waals surface area (Å²) in [5, 5.41) is 4.20. The summed E-state index contributed by atoms with van der Waals surface area (Å²) < 4.78 is 20.5. The van der Waals surface area contributed by atoms with Crippen LogP contribution in [0.3, 0.4) is 0 Å². The van der Waals surface area contributed by atoms with Gasteiger partial charge in [0, 0.05) is 26.8 Å². The van der Waals surface area contributed by atoms with Crippen molar-refractivity contribution in [2.45, 2.75) is 20.1 Å². The summed E-state index contributed by atoms with van der Waals surface area (Å²) in [7, 11) is 3.54. The molecule has 0 aliphatic rings. The zero-order valence-corrected chi connectivity index (χ0v) is 13.3. The molecule has 0 aliphatic heterocycles. The van der Waals surface area contributed by atoms with E-state index in [0.717, 1.165) is 17.1 Å². The number of anilines is 1. The van der Waals surface area contributed by atoms with Crippen molar-refractivity contribution >= 4 is 11.6 Å². The fraction of sp³-hybridized carbons (Fsp3) is 0.312. The molecular weight excluding hydrogens is 297 g/mol. The molecule has 23 heavy (non-hydrogen) atoms. The second-order valence-electron chi connectivity index (χ2n) is 5.45. The van der Waals surface area contributed by atoms with Crippen molar-refractivity contribution in [3.8, 4) is 0 Å². The number of hydrogen-bond donors (Lipinski definition) is 0. The molecule has 0 fully saturated rings. The zero-order valence-electron chi connectivity index (χ0n) is 13.3. The predicted molar refractivity (Wildman–Crippen MR) is 84.7 cm³/mol. The predicted octanol–water partition coefficient (Wildman–Crippen LogP) is 2.35. The van der Waals surface area contributed by atoms with E-state index in [1.807, 2.05) is 24.1 Å². The number of aryl methyl sites for hydroxylation is 1. The Hall–Kier alpha value is -2.54. The fourth-order valence-electron chi connectivity index (χ4n) is 2.43. The summed E-state index contributed by atoms with van der Waals surface area (Å²) in [6.45, 7) is 2.69. The van der Waals surface area contributed by atoms with Crippen LogP contribution in [0.25, 0.3) is 5.78 Å². The average molecular weight is 315 g/mol. The Labute approximate surface area is 133 Å². The third kappa shape index (κ3) is 3.14. The quantitative estimate of drug-likeness (QED) is 0.723. The van der Waals surface area contributed by atoms with E-state index in [4.69, 9.17) is 4.74 Å². The molecule has 0 bridgehead atoms. The molecule has 3 aromatic rings. The molecule has 0 spiro atoms. The van der Waals surface area contributed by atoms with Crippen LogP contribution in [-0.2, 0) is 17.9 Å². The molecule has 0 N–H and O–H groups in total. The van der Waals surface area contributed by atoms with Crippen LogP contribution in [0.5, 0.6) is 0 Å². The average Bonchev–Trinajstić information content (AvgIpc) is 2.99. The van der Waals surface area contributed by atoms with Crippen molar-refractivity contribution in [2.24, 2.45) is 0 Å². The van der Waals surface area contributed by atoms with E-state index in [0.29, 0.717) is 24.5 Å². The van der Waals surface area contributed by atoms with E-state index in [-0.39, 0.29) is 5.82 Å². The first-order valence-corrected chi connectivity index (χ1v) is 7.23. The van der Waals surface area contributed by atoms with E-state index in [1.54, 1.807) is 30.7 Å². The minimum atomic E-state index is -0.198. The van der Waals surface area contributed by atoms with Crippen LogP contribution in [0.4, 0.5) is 10.2 Å². The number of hydrogen-bond acceptors (Lipinski definition) is 5. The molecule has 2 heterocycles. The van der Waals surface area contributed by atoms with Gasteiger partial charge in [-0.3, -0.25) is 0 Å². The highest BCUT2D eigenvalue weighted by Gasteiger charge is 2.12. The largest absolute Gasteiger partial charge is 0.378 e. The van der Waals surface area contributed by atoms with Gasteiger partial charge >= 0.3 is 0 Å². The number of rotatable bonds is 5. The normalized spacial score (nSPS) is 11.1. The van der Waals surface area contributed by atoms with Crippen molar-refractivity contribution in [3.05, 3.63) is 53.2 Å². The summed E-state index contributed by atoms with van der Waals surface area (Å²) in [6, 6.07) is 7.16. The lowest BCUT2D eigenvalue weighted by molar-refractivity contribution is 0.181. The number of fused-ring (bicyclic) bond motifs is 1. The lowest BCUT2D eigenvalue weighted by Crippen LogP contribution is -2.20. The van der Waals surface area contributed by atoms with Crippen LogP contribution in [-0.4, -0.2) is 33.7 Å². The molecule has 0 radical (unpaired) electrons. The molecule has 6 nitrogen and oxygen atoms in total. The summed E-state index contributed by atoms with van der Waals surface area (Å²) >= 11 is 0. The summed E-state index contributed by atoms with van der Waals surface area (Å²) in [4.78, 5) is 10.5. The van der Waals surface area contributed by atoms with Gasteiger partial charge in [0.05, 0.1) is 12.3 Å². The number of halogens is 1. The Morgan fingerprint density at radius 3 is 2.87 bits per heavy atom. The molecular formula is C16H18FN5O. The van der Waals surface area contributed by atoms with Crippen molar-refractivity contribution in [2.75, 3.05) is 19.1 Å². The van der Waals surface area contributed by atoms with Gasteiger partial charge in [-0.25, -0.2) is 9.37 Å². The Morgan fingerprint density at radius 1 is 1.30 bits per heavy atom. The van der Waals surface area contributed by atoms with Crippen molar-refractivity contribution in [1.29, 1.82) is 0 Å². The van der Waals surface area contributed by atoms with E-state index in [1.165, 1.54) is 6.33 Å². The van der Waals surface area contributed by atoms with Gasteiger partial charge in [0.2, 0.25) is 0 Å². The van der Waals surface area contributed by atoms with Gasteiger partial charge in [0.25, 0.3) is 5.78 Å². The van der Waals surface area contributed by atoms with Crippen molar-refractivity contribution < 1.29 is 9.13 Å². The highest BCUT2D eigenvalue weighted by atomic mass is 19.1. The maximum Gasteiger partial charge on any atom is 0.254 e. The molecule has 1 aromatic carbocycles. The Balaban J connectivity index is 1.94. The van der Waals surface area contributed by atoms with Gasteiger partial charge in [-0.1, -0.05) is 12.1 Å². The van der Waals surface area contributed by atoms with Gasteiger partial charge in [0.15, 0.2) is 0 Å². The standard InChI is InChI=1S/C16H18FN5O/c1-11-4-5-12(6-14(11)17)8-21(2)15-7-13(9-23-3)20-16-18-10-19-22(15)16/h4-7,10H,8-9H2,1-3H3. The van der Waals surface area contributed by atoms with Gasteiger partial charge in [-0.05, 0) is 24.1 Å². The van der Waals surface area contributed by atoms with Crippen LogP contribution < -0.4 is 4.90 Å². The second kappa shape index (κ2) is 6.29. The molecule has 0 unspecified atom stereocenters. The number of ether oxygens (including phenoxy) is 1. The third-order valence-corrected chi connectivity index (χ3v) is 3.63. The fourth-order valence-corrected chi connectivity index (χ4v) is 2.43. The number of aromatic nitrogens is 4. The molecule has 0 amide bonds.